The van der Waals surface area contributed by atoms with Crippen LogP contribution in [-0.4, -0.2) is 35.3 Å². The molecule has 1 aromatic carbocycles. The first kappa shape index (κ1) is 15.6. The summed E-state index contributed by atoms with van der Waals surface area (Å²) in [5.41, 5.74) is 7.23. The lowest BCUT2D eigenvalue weighted by molar-refractivity contribution is -0.121. The number of aromatic nitrogens is 2. The van der Waals surface area contributed by atoms with E-state index in [1.807, 2.05) is 12.1 Å². The molecule has 23 heavy (non-hydrogen) atoms. The van der Waals surface area contributed by atoms with E-state index in [4.69, 9.17) is 20.2 Å². The molecule has 7 nitrogen and oxygen atoms in total. The number of imidazole rings is 1. The van der Waals surface area contributed by atoms with Gasteiger partial charge >= 0.3 is 0 Å². The first-order valence-corrected chi connectivity index (χ1v) is 7.86. The fourth-order valence-electron chi connectivity index (χ4n) is 2.72. The summed E-state index contributed by atoms with van der Waals surface area (Å²) in [6.45, 7) is 5.93. The van der Waals surface area contributed by atoms with Crippen LogP contribution in [0, 0.1) is 0 Å². The molecule has 2 aromatic rings. The van der Waals surface area contributed by atoms with E-state index in [-0.39, 0.29) is 18.6 Å². The van der Waals surface area contributed by atoms with Gasteiger partial charge in [-0.25, -0.2) is 4.98 Å². The summed E-state index contributed by atoms with van der Waals surface area (Å²) in [7, 11) is 0. The minimum Gasteiger partial charge on any atom is -0.454 e. The maximum atomic E-state index is 11.9. The molecule has 0 bridgehead atoms. The summed E-state index contributed by atoms with van der Waals surface area (Å²) >= 11 is 0. The lowest BCUT2D eigenvalue weighted by atomic mass is 10.2. The van der Waals surface area contributed by atoms with Crippen LogP contribution in [0.4, 0.5) is 0 Å². The van der Waals surface area contributed by atoms with Crippen molar-refractivity contribution in [3.8, 4) is 11.5 Å². The summed E-state index contributed by atoms with van der Waals surface area (Å²) in [6.07, 6.45) is 0.389. The summed E-state index contributed by atoms with van der Waals surface area (Å²) < 4.78 is 13.0. The van der Waals surface area contributed by atoms with Crippen molar-refractivity contribution < 1.29 is 14.3 Å². The summed E-state index contributed by atoms with van der Waals surface area (Å²) in [6, 6.07) is 3.84. The van der Waals surface area contributed by atoms with Crippen molar-refractivity contribution in [2.45, 2.75) is 32.7 Å². The maximum Gasteiger partial charge on any atom is 0.231 e. The van der Waals surface area contributed by atoms with Crippen molar-refractivity contribution in [2.75, 3.05) is 19.9 Å². The van der Waals surface area contributed by atoms with Gasteiger partial charge in [-0.05, 0) is 0 Å². The maximum absolute atomic E-state index is 11.9. The highest BCUT2D eigenvalue weighted by molar-refractivity contribution is 5.81. The van der Waals surface area contributed by atoms with E-state index < -0.39 is 0 Å². The molecule has 3 N–H and O–H groups in total. The van der Waals surface area contributed by atoms with Crippen LogP contribution < -0.4 is 20.5 Å². The predicted octanol–water partition coefficient (Wildman–Crippen LogP) is 1.35. The molecular weight excluding hydrogens is 296 g/mol. The molecule has 7 heteroatoms. The summed E-state index contributed by atoms with van der Waals surface area (Å²) in [4.78, 5) is 16.6. The van der Waals surface area contributed by atoms with Crippen LogP contribution in [0.1, 0.15) is 32.0 Å². The Morgan fingerprint density at radius 2 is 2.13 bits per heavy atom. The number of fused-ring (bicyclic) bond motifs is 2. The highest BCUT2D eigenvalue weighted by Gasteiger charge is 2.20. The zero-order valence-electron chi connectivity index (χ0n) is 13.5. The van der Waals surface area contributed by atoms with E-state index in [0.29, 0.717) is 26.1 Å². The average molecular weight is 318 g/mol. The van der Waals surface area contributed by atoms with E-state index in [2.05, 4.69) is 23.7 Å². The third-order valence-corrected chi connectivity index (χ3v) is 3.82. The Balaban J connectivity index is 1.90. The number of nitrogens with one attached hydrogen (secondary N) is 1. The van der Waals surface area contributed by atoms with Gasteiger partial charge in [0.25, 0.3) is 0 Å². The lowest BCUT2D eigenvalue weighted by Crippen LogP contribution is -2.29. The van der Waals surface area contributed by atoms with E-state index >= 15 is 0 Å². The normalized spacial score (nSPS) is 13.0. The van der Waals surface area contributed by atoms with Crippen molar-refractivity contribution >= 4 is 16.9 Å². The first-order chi connectivity index (χ1) is 11.1. The highest BCUT2D eigenvalue weighted by atomic mass is 16.7. The Bertz CT molecular complexity index is 724. The molecule has 3 rings (SSSR count). The second kappa shape index (κ2) is 6.45. The standard InChI is InChI=1S/C16H22N4O3/c1-10(2)16-19-11-7-13-14(23-9-22-13)8-12(11)20(16)6-3-15(21)18-5-4-17/h7-8,10H,3-6,9,17H2,1-2H3,(H,18,21). The van der Waals surface area contributed by atoms with Gasteiger partial charge in [0.15, 0.2) is 11.5 Å². The number of nitrogens with two attached hydrogens (primary N) is 1. The molecule has 0 saturated carbocycles. The average Bonchev–Trinajstić information content (AvgIpc) is 3.12. The third-order valence-electron chi connectivity index (χ3n) is 3.82. The number of benzene rings is 1. The summed E-state index contributed by atoms with van der Waals surface area (Å²) in [5.74, 6) is 2.65. The molecule has 1 aliphatic rings. The highest BCUT2D eigenvalue weighted by Crippen LogP contribution is 2.37. The second-order valence-electron chi connectivity index (χ2n) is 5.86. The van der Waals surface area contributed by atoms with Crippen molar-refractivity contribution in [3.05, 3.63) is 18.0 Å². The largest absolute Gasteiger partial charge is 0.454 e. The first-order valence-electron chi connectivity index (χ1n) is 7.86. The van der Waals surface area contributed by atoms with E-state index in [0.717, 1.165) is 28.4 Å². The van der Waals surface area contributed by atoms with Crippen LogP contribution in [-0.2, 0) is 11.3 Å². The van der Waals surface area contributed by atoms with Crippen LogP contribution in [0.3, 0.4) is 0 Å². The van der Waals surface area contributed by atoms with Crippen molar-refractivity contribution in [1.82, 2.24) is 14.9 Å². The van der Waals surface area contributed by atoms with Crippen molar-refractivity contribution in [2.24, 2.45) is 5.73 Å². The molecule has 0 atom stereocenters. The van der Waals surface area contributed by atoms with Gasteiger partial charge in [0, 0.05) is 44.1 Å². The number of hydrogen-bond donors (Lipinski definition) is 2. The Labute approximate surface area is 134 Å². The number of ether oxygens (including phenoxy) is 2. The molecule has 1 aliphatic heterocycles. The van der Waals surface area contributed by atoms with Gasteiger partial charge in [-0.3, -0.25) is 4.79 Å². The zero-order valence-corrected chi connectivity index (χ0v) is 13.5. The number of amides is 1. The Morgan fingerprint density at radius 1 is 1.39 bits per heavy atom. The monoisotopic (exact) mass is 318 g/mol. The Morgan fingerprint density at radius 3 is 2.83 bits per heavy atom. The molecule has 0 fully saturated rings. The molecule has 1 amide bonds. The lowest BCUT2D eigenvalue weighted by Gasteiger charge is -2.11. The molecule has 0 aliphatic carbocycles. The molecule has 0 unspecified atom stereocenters. The van der Waals surface area contributed by atoms with Gasteiger partial charge in [0.1, 0.15) is 5.82 Å². The molecule has 0 saturated heterocycles. The van der Waals surface area contributed by atoms with Gasteiger partial charge in [-0.15, -0.1) is 0 Å². The molecule has 124 valence electrons. The van der Waals surface area contributed by atoms with Gasteiger partial charge < -0.3 is 25.1 Å². The van der Waals surface area contributed by atoms with Crippen LogP contribution in [0.2, 0.25) is 0 Å². The third kappa shape index (κ3) is 3.10. The molecular formula is C16H22N4O3. The Kier molecular flexibility index (Phi) is 4.38. The van der Waals surface area contributed by atoms with Crippen LogP contribution in [0.5, 0.6) is 11.5 Å². The zero-order chi connectivity index (χ0) is 16.4. The van der Waals surface area contributed by atoms with Gasteiger partial charge in [-0.2, -0.15) is 0 Å². The topological polar surface area (TPSA) is 91.4 Å². The predicted molar refractivity (Wildman–Crippen MR) is 86.6 cm³/mol. The number of carbonyl (C=O) groups excluding carboxylic acids is 1. The van der Waals surface area contributed by atoms with E-state index in [1.54, 1.807) is 0 Å². The minimum atomic E-state index is -0.00671. The SMILES string of the molecule is CC(C)c1nc2cc3c(cc2n1CCC(=O)NCCN)OCO3. The summed E-state index contributed by atoms with van der Waals surface area (Å²) in [5, 5.41) is 2.79. The number of aryl methyl sites for hydroxylation is 1. The van der Waals surface area contributed by atoms with Crippen LogP contribution in [0.25, 0.3) is 11.0 Å². The van der Waals surface area contributed by atoms with Crippen molar-refractivity contribution in [3.63, 3.8) is 0 Å². The smallest absolute Gasteiger partial charge is 0.231 e. The quantitative estimate of drug-likeness (QED) is 0.839. The fourth-order valence-corrected chi connectivity index (χ4v) is 2.72. The number of rotatable bonds is 6. The Hall–Kier alpha value is -2.28. The fraction of sp³-hybridized carbons (Fsp3) is 0.500. The van der Waals surface area contributed by atoms with Gasteiger partial charge in [0.05, 0.1) is 11.0 Å². The van der Waals surface area contributed by atoms with E-state index in [1.165, 1.54) is 0 Å². The number of nitrogens with zero attached hydrogens (tertiary/aromatic N) is 2. The second-order valence-corrected chi connectivity index (χ2v) is 5.86. The number of hydrogen-bond acceptors (Lipinski definition) is 5. The van der Waals surface area contributed by atoms with E-state index in [9.17, 15) is 4.79 Å². The molecule has 0 radical (unpaired) electrons. The van der Waals surface area contributed by atoms with Crippen LogP contribution >= 0.6 is 0 Å². The van der Waals surface area contributed by atoms with Crippen molar-refractivity contribution in [1.29, 1.82) is 0 Å². The molecule has 0 spiro atoms. The van der Waals surface area contributed by atoms with Crippen LogP contribution in [0.15, 0.2) is 12.1 Å². The molecule has 2 heterocycles. The number of carbonyl (C=O) groups is 1. The molecule has 1 aromatic heterocycles. The van der Waals surface area contributed by atoms with Gasteiger partial charge in [0.2, 0.25) is 12.7 Å². The minimum absolute atomic E-state index is 0.00671. The van der Waals surface area contributed by atoms with Gasteiger partial charge in [-0.1, -0.05) is 13.8 Å².